The van der Waals surface area contributed by atoms with Crippen molar-refractivity contribution >= 4 is 28.3 Å². The number of hydrogen-bond donors (Lipinski definition) is 2. The standard InChI is InChI=1S/C17H27N3O3S.ClH/c1-4-18-13(2)12-19-24(22,23)17-6-5-15-7-9-20(14(3)21)10-8-16(15)11-17;/h5-6,11,13,18-19H,4,7-10,12H2,1-3H3;1H/t13-;/m1./s1. The minimum absolute atomic E-state index is 0. The van der Waals surface area contributed by atoms with Crippen molar-refractivity contribution in [1.29, 1.82) is 0 Å². The van der Waals surface area contributed by atoms with E-state index in [1.807, 2.05) is 24.8 Å². The number of rotatable bonds is 6. The summed E-state index contributed by atoms with van der Waals surface area (Å²) in [6, 6.07) is 5.36. The molecule has 1 amide bonds. The Morgan fingerprint density at radius 3 is 2.48 bits per heavy atom. The Hall–Kier alpha value is -1.15. The van der Waals surface area contributed by atoms with Gasteiger partial charge in [-0.3, -0.25) is 4.79 Å². The summed E-state index contributed by atoms with van der Waals surface area (Å²) < 4.78 is 27.6. The predicted octanol–water partition coefficient (Wildman–Crippen LogP) is 1.33. The topological polar surface area (TPSA) is 78.5 Å². The molecule has 25 heavy (non-hydrogen) atoms. The van der Waals surface area contributed by atoms with Gasteiger partial charge in [0.15, 0.2) is 0 Å². The van der Waals surface area contributed by atoms with E-state index in [9.17, 15) is 13.2 Å². The molecule has 1 atom stereocenters. The Bertz CT molecular complexity index is 694. The highest BCUT2D eigenvalue weighted by molar-refractivity contribution is 7.89. The minimum Gasteiger partial charge on any atom is -0.342 e. The second kappa shape index (κ2) is 9.52. The van der Waals surface area contributed by atoms with E-state index < -0.39 is 10.0 Å². The number of likely N-dealkylation sites (N-methyl/N-ethyl adjacent to an activating group) is 1. The fourth-order valence-electron chi connectivity index (χ4n) is 2.92. The summed E-state index contributed by atoms with van der Waals surface area (Å²) in [6.07, 6.45) is 1.45. The van der Waals surface area contributed by atoms with Crippen LogP contribution in [0.4, 0.5) is 0 Å². The first-order chi connectivity index (χ1) is 11.3. The van der Waals surface area contributed by atoms with Gasteiger partial charge in [0.25, 0.3) is 0 Å². The summed E-state index contributed by atoms with van der Waals surface area (Å²) in [4.78, 5) is 13.6. The first-order valence-electron chi connectivity index (χ1n) is 8.44. The first kappa shape index (κ1) is 21.9. The molecule has 2 N–H and O–H groups in total. The van der Waals surface area contributed by atoms with Crippen LogP contribution in [0.5, 0.6) is 0 Å². The van der Waals surface area contributed by atoms with Gasteiger partial charge in [0.1, 0.15) is 0 Å². The number of carbonyl (C=O) groups excluding carboxylic acids is 1. The first-order valence-corrected chi connectivity index (χ1v) is 9.92. The number of fused-ring (bicyclic) bond motifs is 1. The maximum atomic E-state index is 12.5. The van der Waals surface area contributed by atoms with Crippen LogP contribution >= 0.6 is 12.4 Å². The van der Waals surface area contributed by atoms with Crippen LogP contribution in [0, 0.1) is 0 Å². The number of halogens is 1. The van der Waals surface area contributed by atoms with Crippen molar-refractivity contribution in [2.75, 3.05) is 26.2 Å². The Labute approximate surface area is 156 Å². The molecule has 0 aromatic heterocycles. The van der Waals surface area contributed by atoms with Crippen molar-refractivity contribution < 1.29 is 13.2 Å². The molecule has 0 unspecified atom stereocenters. The molecule has 1 aromatic rings. The summed E-state index contributed by atoms with van der Waals surface area (Å²) in [5, 5.41) is 3.18. The van der Waals surface area contributed by atoms with Crippen LogP contribution in [0.15, 0.2) is 23.1 Å². The maximum Gasteiger partial charge on any atom is 0.240 e. The normalized spacial score (nSPS) is 15.7. The fraction of sp³-hybridized carbons (Fsp3) is 0.588. The maximum absolute atomic E-state index is 12.5. The Morgan fingerprint density at radius 2 is 1.88 bits per heavy atom. The van der Waals surface area contributed by atoms with Crippen LogP contribution in [0.25, 0.3) is 0 Å². The smallest absolute Gasteiger partial charge is 0.240 e. The van der Waals surface area contributed by atoms with Gasteiger partial charge >= 0.3 is 0 Å². The largest absolute Gasteiger partial charge is 0.342 e. The highest BCUT2D eigenvalue weighted by Gasteiger charge is 2.20. The second-order valence-corrected chi connectivity index (χ2v) is 8.01. The molecule has 6 nitrogen and oxygen atoms in total. The number of benzene rings is 1. The number of nitrogens with zero attached hydrogens (tertiary/aromatic N) is 1. The summed E-state index contributed by atoms with van der Waals surface area (Å²) in [5.74, 6) is 0.0646. The van der Waals surface area contributed by atoms with E-state index in [2.05, 4.69) is 10.0 Å². The predicted molar refractivity (Wildman–Crippen MR) is 102 cm³/mol. The van der Waals surface area contributed by atoms with E-state index in [0.29, 0.717) is 31.0 Å². The van der Waals surface area contributed by atoms with E-state index in [1.54, 1.807) is 19.1 Å². The van der Waals surface area contributed by atoms with Gasteiger partial charge in [0.05, 0.1) is 4.90 Å². The fourth-order valence-corrected chi connectivity index (χ4v) is 4.10. The van der Waals surface area contributed by atoms with Crippen molar-refractivity contribution in [2.24, 2.45) is 0 Å². The zero-order chi connectivity index (χ0) is 17.7. The molecule has 0 aliphatic carbocycles. The molecule has 8 heteroatoms. The van der Waals surface area contributed by atoms with Gasteiger partial charge in [0.2, 0.25) is 15.9 Å². The molecular formula is C17H28ClN3O3S. The molecule has 2 rings (SSSR count). The van der Waals surface area contributed by atoms with Crippen LogP contribution in [0.1, 0.15) is 31.9 Å². The zero-order valence-electron chi connectivity index (χ0n) is 15.0. The monoisotopic (exact) mass is 389 g/mol. The van der Waals surface area contributed by atoms with Crippen LogP contribution in [0.3, 0.4) is 0 Å². The van der Waals surface area contributed by atoms with Gasteiger partial charge in [-0.2, -0.15) is 0 Å². The van der Waals surface area contributed by atoms with Crippen molar-refractivity contribution in [3.05, 3.63) is 29.3 Å². The molecule has 1 aliphatic rings. The van der Waals surface area contributed by atoms with Gasteiger partial charge in [-0.15, -0.1) is 12.4 Å². The number of nitrogens with one attached hydrogen (secondary N) is 2. The summed E-state index contributed by atoms with van der Waals surface area (Å²) in [7, 11) is -3.52. The van der Waals surface area contributed by atoms with E-state index in [1.165, 1.54) is 0 Å². The lowest BCUT2D eigenvalue weighted by atomic mass is 10.0. The number of carbonyl (C=O) groups is 1. The van der Waals surface area contributed by atoms with E-state index >= 15 is 0 Å². The number of sulfonamides is 1. The molecule has 0 radical (unpaired) electrons. The SMILES string of the molecule is CCN[C@H](C)CNS(=O)(=O)c1ccc2c(c1)CCN(C(C)=O)CC2.Cl. The van der Waals surface area contributed by atoms with E-state index in [4.69, 9.17) is 0 Å². The lowest BCUT2D eigenvalue weighted by Crippen LogP contribution is -2.38. The molecule has 0 saturated carbocycles. The van der Waals surface area contributed by atoms with Crippen LogP contribution in [-0.2, 0) is 27.7 Å². The molecule has 0 saturated heterocycles. The highest BCUT2D eigenvalue weighted by atomic mass is 35.5. The van der Waals surface area contributed by atoms with Crippen molar-refractivity contribution in [3.63, 3.8) is 0 Å². The van der Waals surface area contributed by atoms with Crippen LogP contribution in [-0.4, -0.2) is 51.4 Å². The Morgan fingerprint density at radius 1 is 1.24 bits per heavy atom. The molecule has 1 aliphatic heterocycles. The summed E-state index contributed by atoms with van der Waals surface area (Å²) >= 11 is 0. The van der Waals surface area contributed by atoms with Crippen LogP contribution < -0.4 is 10.0 Å². The quantitative estimate of drug-likeness (QED) is 0.769. The Balaban J connectivity index is 0.00000312. The van der Waals surface area contributed by atoms with E-state index in [0.717, 1.165) is 24.1 Å². The lowest BCUT2D eigenvalue weighted by Gasteiger charge is -2.17. The third kappa shape index (κ3) is 5.95. The molecule has 0 spiro atoms. The van der Waals surface area contributed by atoms with Crippen molar-refractivity contribution in [1.82, 2.24) is 14.9 Å². The van der Waals surface area contributed by atoms with E-state index in [-0.39, 0.29) is 24.4 Å². The van der Waals surface area contributed by atoms with Gasteiger partial charge in [0, 0.05) is 32.6 Å². The molecule has 142 valence electrons. The molecular weight excluding hydrogens is 362 g/mol. The van der Waals surface area contributed by atoms with Crippen molar-refractivity contribution in [3.8, 4) is 0 Å². The highest BCUT2D eigenvalue weighted by Crippen LogP contribution is 2.20. The average Bonchev–Trinajstić information content (AvgIpc) is 2.75. The van der Waals surface area contributed by atoms with Crippen LogP contribution in [0.2, 0.25) is 0 Å². The minimum atomic E-state index is -3.52. The number of hydrogen-bond acceptors (Lipinski definition) is 4. The molecule has 0 bridgehead atoms. The Kier molecular flexibility index (Phi) is 8.34. The van der Waals surface area contributed by atoms with Gasteiger partial charge in [-0.25, -0.2) is 13.1 Å². The van der Waals surface area contributed by atoms with Gasteiger partial charge in [-0.1, -0.05) is 13.0 Å². The average molecular weight is 390 g/mol. The zero-order valence-corrected chi connectivity index (χ0v) is 16.7. The molecule has 1 heterocycles. The molecule has 1 aromatic carbocycles. The molecule has 0 fully saturated rings. The van der Waals surface area contributed by atoms with Crippen molar-refractivity contribution in [2.45, 2.75) is 44.6 Å². The third-order valence-electron chi connectivity index (χ3n) is 4.37. The number of amides is 1. The summed E-state index contributed by atoms with van der Waals surface area (Å²) in [6.45, 7) is 7.98. The van der Waals surface area contributed by atoms with Gasteiger partial charge < -0.3 is 10.2 Å². The van der Waals surface area contributed by atoms with Gasteiger partial charge in [-0.05, 0) is 49.6 Å². The second-order valence-electron chi connectivity index (χ2n) is 6.25. The lowest BCUT2D eigenvalue weighted by molar-refractivity contribution is -0.128. The third-order valence-corrected chi connectivity index (χ3v) is 5.79. The summed E-state index contributed by atoms with van der Waals surface area (Å²) in [5.41, 5.74) is 2.14.